The maximum absolute atomic E-state index is 13.4. The van der Waals surface area contributed by atoms with E-state index in [1.54, 1.807) is 12.1 Å². The number of hydrogen-bond donors (Lipinski definition) is 1. The Kier molecular flexibility index (Phi) is 6.02. The third kappa shape index (κ3) is 4.10. The van der Waals surface area contributed by atoms with Crippen molar-refractivity contribution in [2.75, 3.05) is 20.7 Å². The van der Waals surface area contributed by atoms with Gasteiger partial charge in [0.05, 0.1) is 12.7 Å². The summed E-state index contributed by atoms with van der Waals surface area (Å²) >= 11 is 0. The zero-order chi connectivity index (χ0) is 20.4. The van der Waals surface area contributed by atoms with E-state index in [-0.39, 0.29) is 18.0 Å². The first-order chi connectivity index (χ1) is 14.1. The fourth-order valence-corrected chi connectivity index (χ4v) is 4.98. The SMILES string of the molecule is CCC(CCC1OCCc2c1[nH]c1ccccc21)C(c1ccc(F)cc1)N(C)C. The van der Waals surface area contributed by atoms with E-state index in [2.05, 4.69) is 55.2 Å². The van der Waals surface area contributed by atoms with Gasteiger partial charge >= 0.3 is 0 Å². The van der Waals surface area contributed by atoms with Crippen LogP contribution in [0.2, 0.25) is 0 Å². The molecule has 2 heterocycles. The number of aromatic nitrogens is 1. The maximum Gasteiger partial charge on any atom is 0.123 e. The largest absolute Gasteiger partial charge is 0.372 e. The number of para-hydroxylation sites is 1. The Morgan fingerprint density at radius 2 is 1.90 bits per heavy atom. The number of fused-ring (bicyclic) bond motifs is 3. The van der Waals surface area contributed by atoms with Crippen LogP contribution in [-0.4, -0.2) is 30.6 Å². The van der Waals surface area contributed by atoms with Crippen LogP contribution in [0.25, 0.3) is 10.9 Å². The Bertz CT molecular complexity index is 947. The van der Waals surface area contributed by atoms with Crippen molar-refractivity contribution < 1.29 is 9.13 Å². The smallest absolute Gasteiger partial charge is 0.123 e. The van der Waals surface area contributed by atoms with E-state index in [1.807, 2.05) is 12.1 Å². The van der Waals surface area contributed by atoms with Crippen LogP contribution in [0.3, 0.4) is 0 Å². The number of aromatic amines is 1. The molecule has 154 valence electrons. The number of hydrogen-bond acceptors (Lipinski definition) is 2. The van der Waals surface area contributed by atoms with E-state index in [1.165, 1.54) is 27.7 Å². The van der Waals surface area contributed by atoms with Gasteiger partial charge in [-0.25, -0.2) is 4.39 Å². The molecule has 3 unspecified atom stereocenters. The highest BCUT2D eigenvalue weighted by Crippen LogP contribution is 2.39. The molecular weight excluding hydrogens is 363 g/mol. The van der Waals surface area contributed by atoms with Gasteiger partial charge in [-0.1, -0.05) is 43.7 Å². The van der Waals surface area contributed by atoms with Gasteiger partial charge in [0.15, 0.2) is 0 Å². The summed E-state index contributed by atoms with van der Waals surface area (Å²) in [6.07, 6.45) is 4.23. The highest BCUT2D eigenvalue weighted by atomic mass is 19.1. The van der Waals surface area contributed by atoms with Gasteiger partial charge in [0.1, 0.15) is 5.82 Å². The average molecular weight is 395 g/mol. The molecular formula is C25H31FN2O. The monoisotopic (exact) mass is 394 g/mol. The molecule has 1 aromatic heterocycles. The summed E-state index contributed by atoms with van der Waals surface area (Å²) in [5.74, 6) is 0.301. The van der Waals surface area contributed by atoms with Gasteiger partial charge in [0.25, 0.3) is 0 Å². The highest BCUT2D eigenvalue weighted by Gasteiger charge is 2.29. The molecule has 3 nitrogen and oxygen atoms in total. The van der Waals surface area contributed by atoms with E-state index in [0.717, 1.165) is 32.3 Å². The molecule has 0 saturated carbocycles. The number of nitrogens with zero attached hydrogens (tertiary/aromatic N) is 1. The second kappa shape index (κ2) is 8.68. The molecule has 1 aliphatic rings. The van der Waals surface area contributed by atoms with Crippen molar-refractivity contribution in [3.05, 3.63) is 71.2 Å². The standard InChI is InChI=1S/C25H31FN2O/c1-4-17(25(28(2)3)18-9-12-19(26)13-10-18)11-14-23-24-21(15-16-29-23)20-7-5-6-8-22(20)27-24/h5-10,12-13,17,23,25,27H,4,11,14-16H2,1-3H3. The van der Waals surface area contributed by atoms with E-state index in [4.69, 9.17) is 4.74 Å². The molecule has 0 bridgehead atoms. The lowest BCUT2D eigenvalue weighted by atomic mass is 9.85. The van der Waals surface area contributed by atoms with Crippen molar-refractivity contribution in [1.29, 1.82) is 0 Å². The van der Waals surface area contributed by atoms with Crippen molar-refractivity contribution in [2.45, 2.75) is 44.8 Å². The number of ether oxygens (including phenoxy) is 1. The topological polar surface area (TPSA) is 28.3 Å². The molecule has 0 fully saturated rings. The van der Waals surface area contributed by atoms with Gasteiger partial charge in [0, 0.05) is 22.6 Å². The Balaban J connectivity index is 1.53. The van der Waals surface area contributed by atoms with E-state index >= 15 is 0 Å². The Hall–Kier alpha value is -2.17. The molecule has 29 heavy (non-hydrogen) atoms. The Morgan fingerprint density at radius 1 is 1.14 bits per heavy atom. The zero-order valence-corrected chi connectivity index (χ0v) is 17.6. The Labute approximate surface area is 172 Å². The van der Waals surface area contributed by atoms with Gasteiger partial charge in [-0.2, -0.15) is 0 Å². The van der Waals surface area contributed by atoms with Crippen LogP contribution in [0.5, 0.6) is 0 Å². The van der Waals surface area contributed by atoms with Crippen LogP contribution >= 0.6 is 0 Å². The lowest BCUT2D eigenvalue weighted by molar-refractivity contribution is 0.0265. The van der Waals surface area contributed by atoms with Gasteiger partial charge in [-0.3, -0.25) is 0 Å². The minimum atomic E-state index is -0.179. The van der Waals surface area contributed by atoms with Gasteiger partial charge in [-0.15, -0.1) is 0 Å². The highest BCUT2D eigenvalue weighted by molar-refractivity contribution is 5.85. The summed E-state index contributed by atoms with van der Waals surface area (Å²) in [7, 11) is 4.23. The maximum atomic E-state index is 13.4. The number of benzene rings is 2. The number of rotatable bonds is 7. The van der Waals surface area contributed by atoms with Gasteiger partial charge in [0.2, 0.25) is 0 Å². The van der Waals surface area contributed by atoms with Crippen LogP contribution in [-0.2, 0) is 11.2 Å². The molecule has 1 N–H and O–H groups in total. The molecule has 0 saturated heterocycles. The molecule has 1 aliphatic heterocycles. The third-order valence-electron chi connectivity index (χ3n) is 6.38. The molecule has 0 aliphatic carbocycles. The first-order valence-electron chi connectivity index (χ1n) is 10.7. The molecule has 4 heteroatoms. The predicted molar refractivity (Wildman–Crippen MR) is 117 cm³/mol. The predicted octanol–water partition coefficient (Wildman–Crippen LogP) is 6.03. The number of halogens is 1. The lowest BCUT2D eigenvalue weighted by Gasteiger charge is -2.34. The molecule has 0 radical (unpaired) electrons. The van der Waals surface area contributed by atoms with Gasteiger partial charge in [-0.05, 0) is 68.6 Å². The molecule has 0 spiro atoms. The number of H-pyrrole nitrogens is 1. The fourth-order valence-electron chi connectivity index (χ4n) is 4.98. The summed E-state index contributed by atoms with van der Waals surface area (Å²) in [5.41, 5.74) is 5.07. The minimum Gasteiger partial charge on any atom is -0.372 e. The Morgan fingerprint density at radius 3 is 2.62 bits per heavy atom. The lowest BCUT2D eigenvalue weighted by Crippen LogP contribution is -2.28. The molecule has 3 atom stereocenters. The van der Waals surface area contributed by atoms with Crippen LogP contribution in [0.15, 0.2) is 48.5 Å². The second-order valence-corrected chi connectivity index (χ2v) is 8.38. The van der Waals surface area contributed by atoms with Crippen LogP contribution in [0.4, 0.5) is 4.39 Å². The first-order valence-corrected chi connectivity index (χ1v) is 10.7. The van der Waals surface area contributed by atoms with Crippen LogP contribution in [0.1, 0.15) is 55.2 Å². The normalized spacial score (nSPS) is 18.7. The molecule has 2 aromatic carbocycles. The second-order valence-electron chi connectivity index (χ2n) is 8.38. The third-order valence-corrected chi connectivity index (χ3v) is 6.38. The van der Waals surface area contributed by atoms with Crippen molar-refractivity contribution in [2.24, 2.45) is 5.92 Å². The summed E-state index contributed by atoms with van der Waals surface area (Å²) < 4.78 is 19.6. The fraction of sp³-hybridized carbons (Fsp3) is 0.440. The van der Waals surface area contributed by atoms with E-state index < -0.39 is 0 Å². The average Bonchev–Trinajstić information content (AvgIpc) is 3.11. The first kappa shape index (κ1) is 20.1. The van der Waals surface area contributed by atoms with E-state index in [0.29, 0.717) is 5.92 Å². The molecule has 4 rings (SSSR count). The van der Waals surface area contributed by atoms with E-state index in [9.17, 15) is 4.39 Å². The quantitative estimate of drug-likeness (QED) is 0.530. The summed E-state index contributed by atoms with van der Waals surface area (Å²) in [6.45, 7) is 3.03. The van der Waals surface area contributed by atoms with Gasteiger partial charge < -0.3 is 14.6 Å². The molecule has 0 amide bonds. The molecule has 3 aromatic rings. The summed E-state index contributed by atoms with van der Waals surface area (Å²) in [5, 5.41) is 1.33. The van der Waals surface area contributed by atoms with Crippen molar-refractivity contribution in [3.8, 4) is 0 Å². The van der Waals surface area contributed by atoms with Crippen LogP contribution in [0, 0.1) is 11.7 Å². The van der Waals surface area contributed by atoms with Crippen molar-refractivity contribution in [3.63, 3.8) is 0 Å². The van der Waals surface area contributed by atoms with Crippen molar-refractivity contribution >= 4 is 10.9 Å². The summed E-state index contributed by atoms with van der Waals surface area (Å²) in [6, 6.07) is 15.8. The number of nitrogens with one attached hydrogen (secondary N) is 1. The van der Waals surface area contributed by atoms with Crippen molar-refractivity contribution in [1.82, 2.24) is 9.88 Å². The zero-order valence-electron chi connectivity index (χ0n) is 17.6. The van der Waals surface area contributed by atoms with Crippen LogP contribution < -0.4 is 0 Å². The minimum absolute atomic E-state index is 0.122. The summed E-state index contributed by atoms with van der Waals surface area (Å²) in [4.78, 5) is 5.88.